The zero-order chi connectivity index (χ0) is 13.0. The van der Waals surface area contributed by atoms with E-state index in [9.17, 15) is 0 Å². The first-order valence-electron chi connectivity index (χ1n) is 7.48. The molecular weight excluding hydrogens is 218 g/mol. The van der Waals surface area contributed by atoms with Gasteiger partial charge in [-0.2, -0.15) is 0 Å². The molecule has 1 heteroatoms. The summed E-state index contributed by atoms with van der Waals surface area (Å²) in [6.07, 6.45) is 6.88. The van der Waals surface area contributed by atoms with Crippen LogP contribution >= 0.6 is 0 Å². The van der Waals surface area contributed by atoms with Gasteiger partial charge in [0, 0.05) is 12.1 Å². The normalized spacial score (nSPS) is 26.6. The highest BCUT2D eigenvalue weighted by Gasteiger charge is 2.18. The molecule has 1 nitrogen and oxygen atoms in total. The maximum atomic E-state index is 3.82. The number of rotatable bonds is 3. The molecule has 3 atom stereocenters. The van der Waals surface area contributed by atoms with E-state index in [2.05, 4.69) is 50.4 Å². The van der Waals surface area contributed by atoms with E-state index < -0.39 is 0 Å². The minimum atomic E-state index is 0.475. The molecule has 1 fully saturated rings. The Bertz CT molecular complexity index is 372. The lowest BCUT2D eigenvalue weighted by atomic mass is 10.0. The fourth-order valence-corrected chi connectivity index (χ4v) is 3.04. The first-order valence-corrected chi connectivity index (χ1v) is 7.48. The lowest BCUT2D eigenvalue weighted by Crippen LogP contribution is -2.31. The van der Waals surface area contributed by atoms with Crippen LogP contribution in [-0.2, 0) is 0 Å². The van der Waals surface area contributed by atoms with Gasteiger partial charge in [-0.1, -0.05) is 49.6 Å². The first-order chi connectivity index (χ1) is 8.65. The van der Waals surface area contributed by atoms with Crippen LogP contribution in [0.4, 0.5) is 0 Å². The van der Waals surface area contributed by atoms with Crippen LogP contribution in [-0.4, -0.2) is 6.04 Å². The monoisotopic (exact) mass is 245 g/mol. The molecule has 0 heterocycles. The summed E-state index contributed by atoms with van der Waals surface area (Å²) in [5, 5.41) is 3.82. The van der Waals surface area contributed by atoms with Crippen molar-refractivity contribution in [3.8, 4) is 0 Å². The van der Waals surface area contributed by atoms with Crippen molar-refractivity contribution in [1.29, 1.82) is 0 Å². The molecule has 0 amide bonds. The standard InChI is InChI=1S/C17H27N/c1-13-6-5-9-17(11-10-13)18-15(3)16-8-4-7-14(2)12-16/h4,7-8,12-13,15,17-18H,5-6,9-11H2,1-3H3/t13?,15-,17?/m1/s1. The number of hydrogen-bond donors (Lipinski definition) is 1. The van der Waals surface area contributed by atoms with Gasteiger partial charge in [0.05, 0.1) is 0 Å². The van der Waals surface area contributed by atoms with Gasteiger partial charge in [-0.3, -0.25) is 0 Å². The van der Waals surface area contributed by atoms with Gasteiger partial charge in [-0.05, 0) is 44.6 Å². The second-order valence-electron chi connectivity index (χ2n) is 6.11. The third-order valence-electron chi connectivity index (χ3n) is 4.29. The van der Waals surface area contributed by atoms with Crippen LogP contribution in [0.2, 0.25) is 0 Å². The van der Waals surface area contributed by atoms with E-state index >= 15 is 0 Å². The minimum absolute atomic E-state index is 0.475. The largest absolute Gasteiger partial charge is 0.307 e. The molecule has 0 bridgehead atoms. The van der Waals surface area contributed by atoms with Gasteiger partial charge in [0.15, 0.2) is 0 Å². The maximum absolute atomic E-state index is 3.82. The van der Waals surface area contributed by atoms with Crippen molar-refractivity contribution >= 4 is 0 Å². The third kappa shape index (κ3) is 3.84. The minimum Gasteiger partial charge on any atom is -0.307 e. The van der Waals surface area contributed by atoms with Crippen molar-refractivity contribution in [3.63, 3.8) is 0 Å². The molecule has 0 aromatic heterocycles. The molecule has 1 aromatic rings. The van der Waals surface area contributed by atoms with Gasteiger partial charge < -0.3 is 5.32 Å². The first kappa shape index (κ1) is 13.6. The van der Waals surface area contributed by atoms with Crippen LogP contribution in [0.1, 0.15) is 63.1 Å². The molecule has 1 aromatic carbocycles. The summed E-state index contributed by atoms with van der Waals surface area (Å²) in [4.78, 5) is 0. The Morgan fingerprint density at radius 2 is 2.00 bits per heavy atom. The summed E-state index contributed by atoms with van der Waals surface area (Å²) in [7, 11) is 0. The van der Waals surface area contributed by atoms with Gasteiger partial charge in [0.25, 0.3) is 0 Å². The molecule has 0 aliphatic heterocycles. The lowest BCUT2D eigenvalue weighted by molar-refractivity contribution is 0.408. The van der Waals surface area contributed by atoms with Crippen molar-refractivity contribution in [1.82, 2.24) is 5.32 Å². The summed E-state index contributed by atoms with van der Waals surface area (Å²) >= 11 is 0. The van der Waals surface area contributed by atoms with Crippen LogP contribution in [0.3, 0.4) is 0 Å². The van der Waals surface area contributed by atoms with Crippen molar-refractivity contribution in [2.75, 3.05) is 0 Å². The Morgan fingerprint density at radius 3 is 2.78 bits per heavy atom. The average molecular weight is 245 g/mol. The fraction of sp³-hybridized carbons (Fsp3) is 0.647. The van der Waals surface area contributed by atoms with Crippen LogP contribution in [0.15, 0.2) is 24.3 Å². The van der Waals surface area contributed by atoms with Gasteiger partial charge >= 0.3 is 0 Å². The highest BCUT2D eigenvalue weighted by Crippen LogP contribution is 2.24. The molecule has 2 rings (SSSR count). The quantitative estimate of drug-likeness (QED) is 0.767. The maximum Gasteiger partial charge on any atom is 0.0294 e. The molecule has 1 saturated carbocycles. The molecule has 1 N–H and O–H groups in total. The van der Waals surface area contributed by atoms with Crippen molar-refractivity contribution < 1.29 is 0 Å². The summed E-state index contributed by atoms with van der Waals surface area (Å²) < 4.78 is 0. The average Bonchev–Trinajstić information content (AvgIpc) is 2.54. The van der Waals surface area contributed by atoms with Gasteiger partial charge in [-0.25, -0.2) is 0 Å². The second kappa shape index (κ2) is 6.38. The molecule has 0 radical (unpaired) electrons. The SMILES string of the molecule is Cc1cccc([C@@H](C)NC2CCCC(C)CC2)c1. The molecule has 0 spiro atoms. The van der Waals surface area contributed by atoms with Crippen molar-refractivity contribution in [2.45, 2.75) is 65.0 Å². The van der Waals surface area contributed by atoms with Gasteiger partial charge in [0.2, 0.25) is 0 Å². The Kier molecular flexibility index (Phi) is 4.82. The van der Waals surface area contributed by atoms with Gasteiger partial charge in [0.1, 0.15) is 0 Å². The van der Waals surface area contributed by atoms with E-state index in [0.717, 1.165) is 5.92 Å². The molecule has 1 aliphatic rings. The van der Waals surface area contributed by atoms with Crippen LogP contribution in [0.5, 0.6) is 0 Å². The molecule has 2 unspecified atom stereocenters. The third-order valence-corrected chi connectivity index (χ3v) is 4.29. The lowest BCUT2D eigenvalue weighted by Gasteiger charge is -2.22. The summed E-state index contributed by atoms with van der Waals surface area (Å²) in [5.41, 5.74) is 2.78. The van der Waals surface area contributed by atoms with E-state index in [1.807, 2.05) is 0 Å². The molecule has 100 valence electrons. The number of aryl methyl sites for hydroxylation is 1. The fourth-order valence-electron chi connectivity index (χ4n) is 3.04. The number of nitrogens with one attached hydrogen (secondary N) is 1. The molecular formula is C17H27N. The molecule has 0 saturated heterocycles. The smallest absolute Gasteiger partial charge is 0.0294 e. The van der Waals surface area contributed by atoms with Crippen LogP contribution in [0, 0.1) is 12.8 Å². The van der Waals surface area contributed by atoms with E-state index in [0.29, 0.717) is 12.1 Å². The Labute approximate surface area is 112 Å². The second-order valence-corrected chi connectivity index (χ2v) is 6.11. The Morgan fingerprint density at radius 1 is 1.17 bits per heavy atom. The van der Waals surface area contributed by atoms with Crippen molar-refractivity contribution in [3.05, 3.63) is 35.4 Å². The van der Waals surface area contributed by atoms with Gasteiger partial charge in [-0.15, -0.1) is 0 Å². The summed E-state index contributed by atoms with van der Waals surface area (Å²) in [6.45, 7) is 6.86. The van der Waals surface area contributed by atoms with Crippen molar-refractivity contribution in [2.24, 2.45) is 5.92 Å². The Hall–Kier alpha value is -0.820. The van der Waals surface area contributed by atoms with E-state index in [4.69, 9.17) is 0 Å². The van der Waals surface area contributed by atoms with E-state index in [1.54, 1.807) is 0 Å². The van der Waals surface area contributed by atoms with E-state index in [-0.39, 0.29) is 0 Å². The zero-order valence-corrected chi connectivity index (χ0v) is 12.1. The predicted molar refractivity (Wildman–Crippen MR) is 78.8 cm³/mol. The van der Waals surface area contributed by atoms with Crippen LogP contribution in [0.25, 0.3) is 0 Å². The molecule has 1 aliphatic carbocycles. The highest BCUT2D eigenvalue weighted by molar-refractivity contribution is 5.24. The Balaban J connectivity index is 1.92. The summed E-state index contributed by atoms with van der Waals surface area (Å²) in [5.74, 6) is 0.922. The number of hydrogen-bond acceptors (Lipinski definition) is 1. The summed E-state index contributed by atoms with van der Waals surface area (Å²) in [6, 6.07) is 10.1. The molecule has 18 heavy (non-hydrogen) atoms. The topological polar surface area (TPSA) is 12.0 Å². The van der Waals surface area contributed by atoms with Crippen LogP contribution < -0.4 is 5.32 Å². The predicted octanol–water partition coefficient (Wildman–Crippen LogP) is 4.61. The number of benzene rings is 1. The highest BCUT2D eigenvalue weighted by atomic mass is 14.9. The zero-order valence-electron chi connectivity index (χ0n) is 12.1. The van der Waals surface area contributed by atoms with E-state index in [1.165, 1.54) is 43.2 Å².